The van der Waals surface area contributed by atoms with Crippen molar-refractivity contribution in [3.05, 3.63) is 65.6 Å². The molecule has 0 atom stereocenters. The molecular weight excluding hydrogens is 274 g/mol. The average Bonchev–Trinajstić information content (AvgIpc) is 3.19. The van der Waals surface area contributed by atoms with E-state index in [1.165, 1.54) is 16.5 Å². The number of benzene rings is 2. The molecule has 0 spiro atoms. The summed E-state index contributed by atoms with van der Waals surface area (Å²) in [5.41, 5.74) is 3.69. The zero-order chi connectivity index (χ0) is 14.9. The smallest absolute Gasteiger partial charge is 0.224 e. The van der Waals surface area contributed by atoms with Crippen LogP contribution in [-0.4, -0.2) is 5.91 Å². The fourth-order valence-corrected chi connectivity index (χ4v) is 3.26. The van der Waals surface area contributed by atoms with E-state index in [4.69, 9.17) is 4.42 Å². The highest BCUT2D eigenvalue weighted by molar-refractivity contribution is 6.05. The highest BCUT2D eigenvalue weighted by Crippen LogP contribution is 2.35. The number of carbonyl (C=O) groups is 1. The maximum atomic E-state index is 12.2. The molecule has 1 heterocycles. The van der Waals surface area contributed by atoms with E-state index in [-0.39, 0.29) is 5.91 Å². The summed E-state index contributed by atoms with van der Waals surface area (Å²) in [6, 6.07) is 14.3. The number of anilines is 1. The van der Waals surface area contributed by atoms with Crippen LogP contribution in [0, 0.1) is 0 Å². The molecular formula is C19H17NO2. The number of aryl methyl sites for hydroxylation is 3. The predicted octanol–water partition coefficient (Wildman–Crippen LogP) is 4.10. The molecule has 0 saturated heterocycles. The molecule has 3 nitrogen and oxygen atoms in total. The van der Waals surface area contributed by atoms with E-state index in [2.05, 4.69) is 29.6 Å². The Morgan fingerprint density at radius 3 is 2.73 bits per heavy atom. The molecule has 2 aromatic carbocycles. The monoisotopic (exact) mass is 291 g/mol. The van der Waals surface area contributed by atoms with E-state index in [0.29, 0.717) is 12.8 Å². The van der Waals surface area contributed by atoms with E-state index >= 15 is 0 Å². The zero-order valence-electron chi connectivity index (χ0n) is 12.3. The lowest BCUT2D eigenvalue weighted by Gasteiger charge is -2.10. The van der Waals surface area contributed by atoms with Crippen LogP contribution in [-0.2, 0) is 24.1 Å². The average molecular weight is 291 g/mol. The molecule has 1 aliphatic rings. The van der Waals surface area contributed by atoms with Crippen molar-refractivity contribution in [2.45, 2.75) is 25.7 Å². The molecule has 0 unspecified atom stereocenters. The summed E-state index contributed by atoms with van der Waals surface area (Å²) in [6.45, 7) is 0. The first-order valence-electron chi connectivity index (χ1n) is 7.67. The largest absolute Gasteiger partial charge is 0.469 e. The fourth-order valence-electron chi connectivity index (χ4n) is 3.26. The summed E-state index contributed by atoms with van der Waals surface area (Å²) >= 11 is 0. The van der Waals surface area contributed by atoms with Crippen LogP contribution in [0.15, 0.2) is 53.1 Å². The van der Waals surface area contributed by atoms with Gasteiger partial charge in [0.2, 0.25) is 5.91 Å². The molecule has 0 aliphatic heterocycles. The molecule has 3 aromatic rings. The lowest BCUT2D eigenvalue weighted by molar-refractivity contribution is -0.116. The first kappa shape index (κ1) is 13.1. The second-order valence-corrected chi connectivity index (χ2v) is 5.74. The van der Waals surface area contributed by atoms with Crippen molar-refractivity contribution in [3.8, 4) is 0 Å². The Hall–Kier alpha value is -2.55. The van der Waals surface area contributed by atoms with Crippen molar-refractivity contribution in [1.82, 2.24) is 0 Å². The van der Waals surface area contributed by atoms with Gasteiger partial charge in [0.15, 0.2) is 0 Å². The van der Waals surface area contributed by atoms with E-state index in [0.717, 1.165) is 29.7 Å². The third-order valence-electron chi connectivity index (χ3n) is 4.33. The molecule has 110 valence electrons. The Balaban J connectivity index is 1.56. The lowest BCUT2D eigenvalue weighted by Crippen LogP contribution is -2.12. The first-order chi connectivity index (χ1) is 10.8. The van der Waals surface area contributed by atoms with Crippen molar-refractivity contribution in [3.63, 3.8) is 0 Å². The number of nitrogens with one attached hydrogen (secondary N) is 1. The number of hydrogen-bond acceptors (Lipinski definition) is 2. The molecule has 22 heavy (non-hydrogen) atoms. The highest BCUT2D eigenvalue weighted by atomic mass is 16.3. The first-order valence-corrected chi connectivity index (χ1v) is 7.67. The van der Waals surface area contributed by atoms with E-state index in [9.17, 15) is 4.79 Å². The van der Waals surface area contributed by atoms with Gasteiger partial charge in [0.25, 0.3) is 0 Å². The molecule has 3 heteroatoms. The minimum Gasteiger partial charge on any atom is -0.469 e. The van der Waals surface area contributed by atoms with Gasteiger partial charge in [-0.15, -0.1) is 0 Å². The van der Waals surface area contributed by atoms with Crippen molar-refractivity contribution in [2.75, 3.05) is 5.32 Å². The van der Waals surface area contributed by atoms with Crippen LogP contribution in [0.1, 0.15) is 23.3 Å². The van der Waals surface area contributed by atoms with Crippen LogP contribution >= 0.6 is 0 Å². The maximum absolute atomic E-state index is 12.2. The van der Waals surface area contributed by atoms with Crippen LogP contribution in [0.5, 0.6) is 0 Å². The van der Waals surface area contributed by atoms with Crippen LogP contribution in [0.2, 0.25) is 0 Å². The van der Waals surface area contributed by atoms with Crippen molar-refractivity contribution >= 4 is 22.4 Å². The predicted molar refractivity (Wildman–Crippen MR) is 87.0 cm³/mol. The van der Waals surface area contributed by atoms with Crippen LogP contribution < -0.4 is 5.32 Å². The van der Waals surface area contributed by atoms with Gasteiger partial charge in [0, 0.05) is 23.9 Å². The number of furan rings is 1. The fraction of sp³-hybridized carbons (Fsp3) is 0.211. The molecule has 0 saturated carbocycles. The minimum absolute atomic E-state index is 0.0232. The van der Waals surface area contributed by atoms with Crippen molar-refractivity contribution in [1.29, 1.82) is 0 Å². The number of rotatable bonds is 4. The number of amides is 1. The zero-order valence-corrected chi connectivity index (χ0v) is 12.3. The Bertz CT molecular complexity index is 824. The highest BCUT2D eigenvalue weighted by Gasteiger charge is 2.16. The molecule has 4 rings (SSSR count). The molecule has 0 radical (unpaired) electrons. The maximum Gasteiger partial charge on any atom is 0.224 e. The standard InChI is InChI=1S/C19H17NO2/c21-18(11-9-15-4-2-12-22-15)20-17-10-8-14-7-6-13-3-1-5-16(17)19(13)14/h1-5,8,10,12H,6-7,9,11H2,(H,20,21). The molecule has 0 bridgehead atoms. The quantitative estimate of drug-likeness (QED) is 0.786. The second-order valence-electron chi connectivity index (χ2n) is 5.74. The van der Waals surface area contributed by atoms with E-state index in [1.54, 1.807) is 6.26 Å². The van der Waals surface area contributed by atoms with Gasteiger partial charge in [-0.1, -0.05) is 24.3 Å². The van der Waals surface area contributed by atoms with Crippen LogP contribution in [0.25, 0.3) is 10.8 Å². The summed E-state index contributed by atoms with van der Waals surface area (Å²) in [6.07, 6.45) is 4.89. The van der Waals surface area contributed by atoms with E-state index < -0.39 is 0 Å². The van der Waals surface area contributed by atoms with Gasteiger partial charge in [-0.3, -0.25) is 4.79 Å². The lowest BCUT2D eigenvalue weighted by atomic mass is 10.0. The van der Waals surface area contributed by atoms with Crippen molar-refractivity contribution in [2.24, 2.45) is 0 Å². The van der Waals surface area contributed by atoms with Gasteiger partial charge in [-0.05, 0) is 47.6 Å². The van der Waals surface area contributed by atoms with E-state index in [1.807, 2.05) is 18.2 Å². The number of carbonyl (C=O) groups excluding carboxylic acids is 1. The van der Waals surface area contributed by atoms with Crippen molar-refractivity contribution < 1.29 is 9.21 Å². The number of hydrogen-bond donors (Lipinski definition) is 1. The van der Waals surface area contributed by atoms with Gasteiger partial charge in [-0.2, -0.15) is 0 Å². The molecule has 1 N–H and O–H groups in total. The van der Waals surface area contributed by atoms with Crippen LogP contribution in [0.3, 0.4) is 0 Å². The van der Waals surface area contributed by atoms with Gasteiger partial charge in [0.05, 0.1) is 6.26 Å². The normalized spacial score (nSPS) is 12.7. The summed E-state index contributed by atoms with van der Waals surface area (Å²) in [4.78, 5) is 12.2. The molecule has 0 fully saturated rings. The van der Waals surface area contributed by atoms with Gasteiger partial charge >= 0.3 is 0 Å². The summed E-state index contributed by atoms with van der Waals surface area (Å²) in [5.74, 6) is 0.866. The summed E-state index contributed by atoms with van der Waals surface area (Å²) < 4.78 is 5.26. The van der Waals surface area contributed by atoms with Gasteiger partial charge in [0.1, 0.15) is 5.76 Å². The Morgan fingerprint density at radius 2 is 1.91 bits per heavy atom. The second kappa shape index (κ2) is 5.34. The topological polar surface area (TPSA) is 42.2 Å². The third kappa shape index (κ3) is 2.29. The summed E-state index contributed by atoms with van der Waals surface area (Å²) in [7, 11) is 0. The third-order valence-corrected chi connectivity index (χ3v) is 4.33. The Kier molecular flexibility index (Phi) is 3.19. The minimum atomic E-state index is 0.0232. The molecule has 1 aromatic heterocycles. The molecule has 1 amide bonds. The molecule has 1 aliphatic carbocycles. The Labute approximate surface area is 128 Å². The van der Waals surface area contributed by atoms with Crippen LogP contribution in [0.4, 0.5) is 5.69 Å². The summed E-state index contributed by atoms with van der Waals surface area (Å²) in [5, 5.41) is 5.53. The van der Waals surface area contributed by atoms with Gasteiger partial charge in [-0.25, -0.2) is 0 Å². The SMILES string of the molecule is O=C(CCc1ccco1)Nc1ccc2c3c(cccc13)CC2. The van der Waals surface area contributed by atoms with Gasteiger partial charge < -0.3 is 9.73 Å². The Morgan fingerprint density at radius 1 is 1.05 bits per heavy atom.